The lowest BCUT2D eigenvalue weighted by Crippen LogP contribution is -2.15. The summed E-state index contributed by atoms with van der Waals surface area (Å²) >= 11 is 5.95. The molecule has 0 aliphatic rings. The second kappa shape index (κ2) is 7.17. The van der Waals surface area contributed by atoms with E-state index in [4.69, 9.17) is 11.6 Å². The maximum Gasteiger partial charge on any atom is 0.247 e. The predicted octanol–water partition coefficient (Wildman–Crippen LogP) is 5.08. The van der Waals surface area contributed by atoms with Crippen molar-refractivity contribution in [2.75, 3.05) is 0 Å². The Bertz CT molecular complexity index is 846. The van der Waals surface area contributed by atoms with Crippen LogP contribution in [0.3, 0.4) is 0 Å². The van der Waals surface area contributed by atoms with Crippen LogP contribution < -0.4 is 10.6 Å². The molecule has 3 aromatic rings. The third-order valence-electron chi connectivity index (χ3n) is 3.77. The highest BCUT2D eigenvalue weighted by Crippen LogP contribution is 2.45. The smallest absolute Gasteiger partial charge is 0.247 e. The van der Waals surface area contributed by atoms with Gasteiger partial charge in [0.1, 0.15) is 0 Å². The Hall–Kier alpha value is -2.15. The monoisotopic (exact) mass is 353 g/mol. The van der Waals surface area contributed by atoms with Gasteiger partial charge in [-0.25, -0.2) is 4.76 Å². The molecule has 24 heavy (non-hydrogen) atoms. The maximum absolute atomic E-state index is 13.9. The minimum absolute atomic E-state index is 0.667. The molecule has 0 aliphatic carbocycles. The van der Waals surface area contributed by atoms with Crippen molar-refractivity contribution in [3.05, 3.63) is 95.5 Å². The largest absolute Gasteiger partial charge is 0.288 e. The van der Waals surface area contributed by atoms with Crippen molar-refractivity contribution in [2.24, 2.45) is 4.76 Å². The van der Waals surface area contributed by atoms with E-state index in [1.807, 2.05) is 91.9 Å². The minimum Gasteiger partial charge on any atom is -0.288 e. The summed E-state index contributed by atoms with van der Waals surface area (Å²) in [5.74, 6) is 0. The van der Waals surface area contributed by atoms with Gasteiger partial charge in [-0.15, -0.1) is 0 Å². The fourth-order valence-corrected chi connectivity index (χ4v) is 4.83. The summed E-state index contributed by atoms with van der Waals surface area (Å²) in [6.07, 6.45) is 0. The standard InChI is InChI=1S/C20H17ClNOP/c1-16(17-12-14-18(21)15-13-17)22-24(23,19-8-4-2-5-9-19)20-10-6-3-7-11-20/h2-15H,1H3/b22-16-. The molecule has 0 aromatic heterocycles. The lowest BCUT2D eigenvalue weighted by Gasteiger charge is -2.16. The highest BCUT2D eigenvalue weighted by Gasteiger charge is 2.26. The zero-order valence-corrected chi connectivity index (χ0v) is 14.9. The van der Waals surface area contributed by atoms with Crippen LogP contribution in [0.4, 0.5) is 0 Å². The molecule has 0 bridgehead atoms. The molecule has 120 valence electrons. The average molecular weight is 354 g/mol. The Balaban J connectivity index is 2.14. The van der Waals surface area contributed by atoms with E-state index in [0.29, 0.717) is 5.02 Å². The molecular weight excluding hydrogens is 337 g/mol. The summed E-state index contributed by atoms with van der Waals surface area (Å²) < 4.78 is 18.5. The van der Waals surface area contributed by atoms with Gasteiger partial charge < -0.3 is 0 Å². The Morgan fingerprint density at radius 3 is 1.71 bits per heavy atom. The quantitative estimate of drug-likeness (QED) is 0.475. The Labute approximate surface area is 147 Å². The van der Waals surface area contributed by atoms with Crippen LogP contribution in [-0.2, 0) is 4.57 Å². The lowest BCUT2D eigenvalue weighted by molar-refractivity contribution is 0.588. The summed E-state index contributed by atoms with van der Waals surface area (Å²) in [7, 11) is -3.10. The number of nitrogens with zero attached hydrogens (tertiary/aromatic N) is 1. The zero-order valence-electron chi connectivity index (χ0n) is 13.3. The third-order valence-corrected chi connectivity index (χ3v) is 6.59. The molecule has 3 aromatic carbocycles. The number of hydrogen-bond donors (Lipinski definition) is 0. The molecule has 0 radical (unpaired) electrons. The van der Waals surface area contributed by atoms with E-state index in [2.05, 4.69) is 4.76 Å². The molecule has 0 aliphatic heterocycles. The second-order valence-electron chi connectivity index (χ2n) is 5.44. The molecule has 0 amide bonds. The van der Waals surface area contributed by atoms with Crippen LogP contribution in [0.15, 0.2) is 89.7 Å². The van der Waals surface area contributed by atoms with Crippen LogP contribution >= 0.6 is 18.9 Å². The summed E-state index contributed by atoms with van der Waals surface area (Å²) in [4.78, 5) is 0. The van der Waals surface area contributed by atoms with Crippen molar-refractivity contribution >= 4 is 35.2 Å². The fourth-order valence-electron chi connectivity index (χ4n) is 2.48. The SMILES string of the molecule is C/C(=N/P(=O)(c1ccccc1)c1ccccc1)c1ccc(Cl)cc1. The van der Waals surface area contributed by atoms with Crippen LogP contribution in [0.25, 0.3) is 0 Å². The van der Waals surface area contributed by atoms with Crippen molar-refractivity contribution in [3.8, 4) is 0 Å². The van der Waals surface area contributed by atoms with Crippen LogP contribution in [-0.4, -0.2) is 5.71 Å². The van der Waals surface area contributed by atoms with Crippen LogP contribution in [0.2, 0.25) is 5.02 Å². The first-order valence-electron chi connectivity index (χ1n) is 7.64. The molecule has 0 saturated heterocycles. The summed E-state index contributed by atoms with van der Waals surface area (Å²) in [6, 6.07) is 26.2. The first-order chi connectivity index (χ1) is 11.6. The van der Waals surface area contributed by atoms with Crippen molar-refractivity contribution in [2.45, 2.75) is 6.92 Å². The van der Waals surface area contributed by atoms with E-state index in [0.717, 1.165) is 21.9 Å². The van der Waals surface area contributed by atoms with Crippen LogP contribution in [0.5, 0.6) is 0 Å². The fraction of sp³-hybridized carbons (Fsp3) is 0.0500. The molecule has 2 nitrogen and oxygen atoms in total. The normalized spacial score (nSPS) is 12.2. The molecule has 4 heteroatoms. The van der Waals surface area contributed by atoms with E-state index in [-0.39, 0.29) is 0 Å². The van der Waals surface area contributed by atoms with Crippen molar-refractivity contribution < 1.29 is 4.57 Å². The van der Waals surface area contributed by atoms with Gasteiger partial charge in [0, 0.05) is 21.3 Å². The van der Waals surface area contributed by atoms with Gasteiger partial charge >= 0.3 is 0 Å². The van der Waals surface area contributed by atoms with Crippen LogP contribution in [0, 0.1) is 0 Å². The number of rotatable bonds is 4. The van der Waals surface area contributed by atoms with Crippen molar-refractivity contribution in [3.63, 3.8) is 0 Å². The zero-order chi connectivity index (χ0) is 17.0. The molecule has 3 rings (SSSR count). The number of halogens is 1. The van der Waals surface area contributed by atoms with E-state index in [9.17, 15) is 4.57 Å². The Morgan fingerprint density at radius 1 is 0.792 bits per heavy atom. The van der Waals surface area contributed by atoms with Gasteiger partial charge in [-0.2, -0.15) is 0 Å². The first kappa shape index (κ1) is 16.7. The number of benzene rings is 3. The van der Waals surface area contributed by atoms with Crippen molar-refractivity contribution in [1.82, 2.24) is 0 Å². The van der Waals surface area contributed by atoms with Gasteiger partial charge in [-0.05, 0) is 48.9 Å². The summed E-state index contributed by atoms with van der Waals surface area (Å²) in [6.45, 7) is 1.88. The highest BCUT2D eigenvalue weighted by molar-refractivity contribution is 7.77. The van der Waals surface area contributed by atoms with E-state index in [1.54, 1.807) is 0 Å². The van der Waals surface area contributed by atoms with E-state index in [1.165, 1.54) is 0 Å². The topological polar surface area (TPSA) is 29.4 Å². The third kappa shape index (κ3) is 3.51. The van der Waals surface area contributed by atoms with Gasteiger partial charge in [0.25, 0.3) is 0 Å². The van der Waals surface area contributed by atoms with E-state index >= 15 is 0 Å². The summed E-state index contributed by atoms with van der Waals surface area (Å²) in [5.41, 5.74) is 1.63. The van der Waals surface area contributed by atoms with Gasteiger partial charge in [0.2, 0.25) is 7.29 Å². The predicted molar refractivity (Wildman–Crippen MR) is 103 cm³/mol. The Kier molecular flexibility index (Phi) is 4.99. The minimum atomic E-state index is -3.10. The maximum atomic E-state index is 13.9. The molecule has 0 unspecified atom stereocenters. The second-order valence-corrected chi connectivity index (χ2v) is 8.26. The first-order valence-corrected chi connectivity index (χ1v) is 9.67. The molecule has 0 saturated carbocycles. The average Bonchev–Trinajstić information content (AvgIpc) is 2.63. The van der Waals surface area contributed by atoms with Gasteiger partial charge in [-0.1, -0.05) is 60.1 Å². The van der Waals surface area contributed by atoms with Crippen LogP contribution in [0.1, 0.15) is 12.5 Å². The molecule has 0 fully saturated rings. The van der Waals surface area contributed by atoms with E-state index < -0.39 is 7.29 Å². The van der Waals surface area contributed by atoms with Gasteiger partial charge in [0.15, 0.2) is 0 Å². The molecule has 0 heterocycles. The summed E-state index contributed by atoms with van der Waals surface area (Å²) in [5, 5.41) is 2.12. The van der Waals surface area contributed by atoms with Gasteiger partial charge in [-0.3, -0.25) is 4.57 Å². The number of hydrogen-bond acceptors (Lipinski definition) is 1. The van der Waals surface area contributed by atoms with Crippen molar-refractivity contribution in [1.29, 1.82) is 0 Å². The lowest BCUT2D eigenvalue weighted by atomic mass is 10.1. The molecule has 0 atom stereocenters. The van der Waals surface area contributed by atoms with Gasteiger partial charge in [0.05, 0.1) is 0 Å². The molecular formula is C20H17ClNOP. The highest BCUT2D eigenvalue weighted by atomic mass is 35.5. The Morgan fingerprint density at radius 2 is 1.25 bits per heavy atom. The molecule has 0 spiro atoms. The molecule has 0 N–H and O–H groups in total.